The summed E-state index contributed by atoms with van der Waals surface area (Å²) in [6, 6.07) is 7.98. The highest BCUT2D eigenvalue weighted by atomic mass is 16.6. The number of piperidine rings is 1. The third-order valence-electron chi connectivity index (χ3n) is 5.20. The number of esters is 2. The fourth-order valence-electron chi connectivity index (χ4n) is 3.68. The molecule has 1 saturated heterocycles. The number of likely N-dealkylation sites (tertiary alicyclic amines) is 1. The zero-order valence-corrected chi connectivity index (χ0v) is 22.7. The Labute approximate surface area is 218 Å². The first kappa shape index (κ1) is 30.1. The van der Waals surface area contributed by atoms with Crippen molar-refractivity contribution in [2.75, 3.05) is 19.7 Å². The van der Waals surface area contributed by atoms with Crippen molar-refractivity contribution in [1.82, 2.24) is 10.2 Å². The van der Waals surface area contributed by atoms with Gasteiger partial charge < -0.3 is 29.2 Å². The van der Waals surface area contributed by atoms with Crippen LogP contribution >= 0.6 is 0 Å². The van der Waals surface area contributed by atoms with E-state index in [0.29, 0.717) is 25.9 Å². The Balaban J connectivity index is 1.93. The van der Waals surface area contributed by atoms with Crippen LogP contribution in [0.25, 0.3) is 0 Å². The van der Waals surface area contributed by atoms with Gasteiger partial charge >= 0.3 is 18.0 Å². The van der Waals surface area contributed by atoms with E-state index in [9.17, 15) is 19.2 Å². The maximum atomic E-state index is 13.3. The summed E-state index contributed by atoms with van der Waals surface area (Å²) in [4.78, 5) is 51.7. The number of alkyl carbamates (subject to hydrolysis) is 1. The van der Waals surface area contributed by atoms with Gasteiger partial charge in [0.15, 0.2) is 0 Å². The summed E-state index contributed by atoms with van der Waals surface area (Å²) in [6.07, 6.45) is -0.324. The molecule has 0 saturated carbocycles. The number of nitrogens with one attached hydrogen (secondary N) is 1. The Hall–Kier alpha value is -3.14. The smallest absolute Gasteiger partial charge is 0.408 e. The molecule has 2 rings (SSSR count). The summed E-state index contributed by atoms with van der Waals surface area (Å²) in [7, 11) is 0. The Bertz CT molecular complexity index is 913. The largest absolute Gasteiger partial charge is 0.460 e. The van der Waals surface area contributed by atoms with Crippen molar-refractivity contribution >= 4 is 23.9 Å². The summed E-state index contributed by atoms with van der Waals surface area (Å²) >= 11 is 0. The van der Waals surface area contributed by atoms with Gasteiger partial charge in [0.05, 0.1) is 12.5 Å². The lowest BCUT2D eigenvalue weighted by atomic mass is 10.1. The first-order valence-corrected chi connectivity index (χ1v) is 12.5. The molecule has 2 amide bonds. The highest BCUT2D eigenvalue weighted by Gasteiger charge is 2.33. The molecular weight excluding hydrogens is 480 g/mol. The lowest BCUT2D eigenvalue weighted by Gasteiger charge is -2.34. The number of hydrogen-bond acceptors (Lipinski definition) is 8. The van der Waals surface area contributed by atoms with Crippen molar-refractivity contribution in [1.29, 1.82) is 0 Å². The monoisotopic (exact) mass is 520 g/mol. The summed E-state index contributed by atoms with van der Waals surface area (Å²) in [5.41, 5.74) is -0.530. The first-order valence-electron chi connectivity index (χ1n) is 12.5. The van der Waals surface area contributed by atoms with E-state index in [1.165, 1.54) is 0 Å². The van der Waals surface area contributed by atoms with Gasteiger partial charge in [-0.3, -0.25) is 9.59 Å². The van der Waals surface area contributed by atoms with Crippen LogP contribution in [0.5, 0.6) is 0 Å². The predicted molar refractivity (Wildman–Crippen MR) is 135 cm³/mol. The van der Waals surface area contributed by atoms with Crippen LogP contribution in [0.2, 0.25) is 0 Å². The summed E-state index contributed by atoms with van der Waals surface area (Å²) in [5, 5.41) is 2.53. The van der Waals surface area contributed by atoms with Crippen LogP contribution in [0, 0.1) is 0 Å². The molecule has 37 heavy (non-hydrogen) atoms. The van der Waals surface area contributed by atoms with E-state index in [4.69, 9.17) is 18.9 Å². The fraction of sp³-hybridized carbons (Fsp3) is 0.630. The molecule has 1 heterocycles. The van der Waals surface area contributed by atoms with Crippen LogP contribution in [0.4, 0.5) is 4.79 Å². The van der Waals surface area contributed by atoms with Gasteiger partial charge in [-0.2, -0.15) is 0 Å². The fourth-order valence-corrected chi connectivity index (χ4v) is 3.68. The van der Waals surface area contributed by atoms with Crippen molar-refractivity contribution in [3.63, 3.8) is 0 Å². The maximum absolute atomic E-state index is 13.3. The van der Waals surface area contributed by atoms with E-state index in [2.05, 4.69) is 5.32 Å². The number of nitrogens with zero attached hydrogens (tertiary/aromatic N) is 1. The number of benzene rings is 1. The summed E-state index contributed by atoms with van der Waals surface area (Å²) in [5.74, 6) is -1.46. The number of ether oxygens (including phenoxy) is 4. The van der Waals surface area contributed by atoms with Gasteiger partial charge in [-0.05, 0) is 59.9 Å². The van der Waals surface area contributed by atoms with Crippen LogP contribution in [0.1, 0.15) is 66.4 Å². The highest BCUT2D eigenvalue weighted by Crippen LogP contribution is 2.17. The quantitative estimate of drug-likeness (QED) is 0.389. The third kappa shape index (κ3) is 12.1. The zero-order valence-electron chi connectivity index (χ0n) is 22.7. The summed E-state index contributed by atoms with van der Waals surface area (Å²) in [6.45, 7) is 11.1. The van der Waals surface area contributed by atoms with E-state index in [1.54, 1.807) is 46.4 Å². The lowest BCUT2D eigenvalue weighted by Crippen LogP contribution is -2.52. The van der Waals surface area contributed by atoms with Crippen LogP contribution < -0.4 is 5.32 Å². The second kappa shape index (κ2) is 13.4. The molecule has 1 aromatic carbocycles. The van der Waals surface area contributed by atoms with Crippen molar-refractivity contribution in [3.05, 3.63) is 35.9 Å². The van der Waals surface area contributed by atoms with Gasteiger partial charge in [0.1, 0.15) is 30.5 Å². The predicted octanol–water partition coefficient (Wildman–Crippen LogP) is 3.36. The molecule has 0 bridgehead atoms. The second-order valence-corrected chi connectivity index (χ2v) is 11.0. The van der Waals surface area contributed by atoms with E-state index in [0.717, 1.165) is 5.56 Å². The van der Waals surface area contributed by atoms with Crippen molar-refractivity contribution in [2.24, 2.45) is 0 Å². The molecule has 10 heteroatoms. The number of amides is 2. The molecule has 1 unspecified atom stereocenters. The first-order chi connectivity index (χ1) is 17.2. The Morgan fingerprint density at radius 2 is 1.49 bits per heavy atom. The lowest BCUT2D eigenvalue weighted by molar-refractivity contribution is -0.163. The topological polar surface area (TPSA) is 120 Å². The van der Waals surface area contributed by atoms with Crippen molar-refractivity contribution in [3.8, 4) is 0 Å². The van der Waals surface area contributed by atoms with Crippen LogP contribution in [0.3, 0.4) is 0 Å². The number of rotatable bonds is 9. The molecule has 1 aliphatic rings. The number of carbonyl (C=O) groups is 4. The minimum Gasteiger partial charge on any atom is -0.460 e. The minimum atomic E-state index is -1.14. The molecule has 1 fully saturated rings. The van der Waals surface area contributed by atoms with Gasteiger partial charge in [-0.25, -0.2) is 9.59 Å². The van der Waals surface area contributed by atoms with Crippen LogP contribution in [-0.2, 0) is 39.9 Å². The molecule has 0 aromatic heterocycles. The van der Waals surface area contributed by atoms with Gasteiger partial charge in [0.2, 0.25) is 5.91 Å². The molecule has 0 spiro atoms. The Morgan fingerprint density at radius 3 is 2.05 bits per heavy atom. The van der Waals surface area contributed by atoms with Gasteiger partial charge in [-0.1, -0.05) is 30.3 Å². The van der Waals surface area contributed by atoms with Crippen molar-refractivity contribution in [2.45, 2.75) is 90.8 Å². The highest BCUT2D eigenvalue weighted by molar-refractivity contribution is 5.89. The molecule has 1 aromatic rings. The van der Waals surface area contributed by atoms with Gasteiger partial charge in [0.25, 0.3) is 0 Å². The number of hydrogen-bond donors (Lipinski definition) is 1. The Morgan fingerprint density at radius 1 is 0.919 bits per heavy atom. The van der Waals surface area contributed by atoms with Crippen LogP contribution in [0.15, 0.2) is 30.3 Å². The van der Waals surface area contributed by atoms with E-state index in [1.807, 2.05) is 30.3 Å². The zero-order chi connectivity index (χ0) is 27.6. The van der Waals surface area contributed by atoms with Crippen molar-refractivity contribution < 1.29 is 38.1 Å². The molecular formula is C27H40N2O8. The summed E-state index contributed by atoms with van der Waals surface area (Å²) < 4.78 is 21.5. The molecule has 0 radical (unpaired) electrons. The maximum Gasteiger partial charge on any atom is 0.408 e. The van der Waals surface area contributed by atoms with E-state index < -0.39 is 41.2 Å². The SMILES string of the molecule is CC(C)(C)OC(=O)COC1CCN(C(=O)C(CC(=O)OC(C)(C)C)NC(=O)OCc2ccccc2)CC1. The molecule has 1 atom stereocenters. The standard InChI is InChI=1S/C27H40N2O8/c1-26(2,3)36-22(30)16-21(28-25(33)35-17-19-10-8-7-9-11-19)24(32)29-14-12-20(13-15-29)34-18-23(31)37-27(4,5)6/h7-11,20-21H,12-18H2,1-6H3,(H,28,33). The Kier molecular flexibility index (Phi) is 10.9. The molecule has 206 valence electrons. The van der Waals surface area contributed by atoms with Gasteiger partial charge in [0, 0.05) is 13.1 Å². The molecule has 1 aliphatic heterocycles. The average molecular weight is 521 g/mol. The third-order valence-corrected chi connectivity index (χ3v) is 5.20. The number of carbonyl (C=O) groups excluding carboxylic acids is 4. The van der Waals surface area contributed by atoms with Gasteiger partial charge in [-0.15, -0.1) is 0 Å². The molecule has 0 aliphatic carbocycles. The molecule has 1 N–H and O–H groups in total. The minimum absolute atomic E-state index is 0.0282. The second-order valence-electron chi connectivity index (χ2n) is 11.0. The average Bonchev–Trinajstić information content (AvgIpc) is 2.79. The molecule has 10 nitrogen and oxygen atoms in total. The van der Waals surface area contributed by atoms with E-state index in [-0.39, 0.29) is 25.7 Å². The normalized spacial score (nSPS) is 15.5. The van der Waals surface area contributed by atoms with Crippen LogP contribution in [-0.4, -0.2) is 71.9 Å². The van der Waals surface area contributed by atoms with E-state index >= 15 is 0 Å².